The Hall–Kier alpha value is -1.06. The Morgan fingerprint density at radius 2 is 2.10 bits per heavy atom. The summed E-state index contributed by atoms with van der Waals surface area (Å²) in [5, 5.41) is 0. The average molecular weight is 295 g/mol. The fraction of sp³-hybridized carbons (Fsp3) is 0.562. The van der Waals surface area contributed by atoms with Crippen molar-refractivity contribution in [2.75, 3.05) is 19.8 Å². The topological polar surface area (TPSA) is 23.6 Å². The standard InChI is InChI=1S/C16H22N2O.ClH/c1-2-13-10-17(12-18-9-5-8-16(18)19)11-14-6-3-4-7-15(13)14;/h3-4,6-7,13H,2,5,8-12H2,1H3;1H. The van der Waals surface area contributed by atoms with Crippen molar-refractivity contribution in [1.29, 1.82) is 0 Å². The van der Waals surface area contributed by atoms with Crippen molar-refractivity contribution < 1.29 is 4.79 Å². The molecule has 0 aliphatic carbocycles. The quantitative estimate of drug-likeness (QED) is 0.855. The van der Waals surface area contributed by atoms with Crippen molar-refractivity contribution in [1.82, 2.24) is 9.80 Å². The van der Waals surface area contributed by atoms with Gasteiger partial charge in [0.2, 0.25) is 5.91 Å². The molecule has 110 valence electrons. The molecule has 0 bridgehead atoms. The van der Waals surface area contributed by atoms with E-state index in [1.807, 2.05) is 4.90 Å². The number of carbonyl (C=O) groups excluding carboxylic acids is 1. The van der Waals surface area contributed by atoms with Crippen molar-refractivity contribution in [3.8, 4) is 0 Å². The number of benzene rings is 1. The Morgan fingerprint density at radius 3 is 2.80 bits per heavy atom. The molecule has 0 radical (unpaired) electrons. The second-order valence-electron chi connectivity index (χ2n) is 5.72. The van der Waals surface area contributed by atoms with Gasteiger partial charge in [-0.05, 0) is 29.9 Å². The summed E-state index contributed by atoms with van der Waals surface area (Å²) in [6.45, 7) is 6.07. The lowest BCUT2D eigenvalue weighted by Crippen LogP contribution is -2.42. The summed E-state index contributed by atoms with van der Waals surface area (Å²) in [6.07, 6.45) is 2.93. The number of carbonyl (C=O) groups is 1. The van der Waals surface area contributed by atoms with Crippen LogP contribution in [0.2, 0.25) is 0 Å². The SMILES string of the molecule is CCC1CN(CN2CCCC2=O)Cc2ccccc21.Cl. The molecule has 2 aliphatic rings. The van der Waals surface area contributed by atoms with Gasteiger partial charge >= 0.3 is 0 Å². The Morgan fingerprint density at radius 1 is 1.30 bits per heavy atom. The summed E-state index contributed by atoms with van der Waals surface area (Å²) in [5.74, 6) is 0.939. The van der Waals surface area contributed by atoms with Crippen molar-refractivity contribution >= 4 is 18.3 Å². The van der Waals surface area contributed by atoms with Crippen LogP contribution in [-0.4, -0.2) is 35.5 Å². The van der Waals surface area contributed by atoms with Gasteiger partial charge in [0.25, 0.3) is 0 Å². The van der Waals surface area contributed by atoms with Gasteiger partial charge < -0.3 is 4.90 Å². The molecule has 4 heteroatoms. The van der Waals surface area contributed by atoms with E-state index in [9.17, 15) is 4.79 Å². The third-order valence-electron chi connectivity index (χ3n) is 4.40. The first kappa shape index (κ1) is 15.3. The summed E-state index contributed by atoms with van der Waals surface area (Å²) in [7, 11) is 0. The van der Waals surface area contributed by atoms with Gasteiger partial charge in [0, 0.05) is 26.1 Å². The molecule has 2 aliphatic heterocycles. The second kappa shape index (κ2) is 6.59. The molecule has 3 nitrogen and oxygen atoms in total. The smallest absolute Gasteiger partial charge is 0.223 e. The summed E-state index contributed by atoms with van der Waals surface area (Å²) < 4.78 is 0. The third kappa shape index (κ3) is 2.99. The summed E-state index contributed by atoms with van der Waals surface area (Å²) in [4.78, 5) is 16.2. The normalized spacial score (nSPS) is 22.6. The number of halogens is 1. The highest BCUT2D eigenvalue weighted by molar-refractivity contribution is 5.85. The van der Waals surface area contributed by atoms with E-state index in [4.69, 9.17) is 0 Å². The zero-order valence-corrected chi connectivity index (χ0v) is 12.9. The van der Waals surface area contributed by atoms with Crippen molar-refractivity contribution in [2.45, 2.75) is 38.6 Å². The predicted octanol–water partition coefficient (Wildman–Crippen LogP) is 3.00. The van der Waals surface area contributed by atoms with E-state index in [2.05, 4.69) is 36.1 Å². The zero-order chi connectivity index (χ0) is 13.2. The van der Waals surface area contributed by atoms with Crippen LogP contribution >= 0.6 is 12.4 Å². The van der Waals surface area contributed by atoms with Crippen molar-refractivity contribution in [3.63, 3.8) is 0 Å². The van der Waals surface area contributed by atoms with E-state index < -0.39 is 0 Å². The van der Waals surface area contributed by atoms with Gasteiger partial charge in [0.1, 0.15) is 0 Å². The first-order valence-electron chi connectivity index (χ1n) is 7.36. The molecule has 1 aromatic rings. The van der Waals surface area contributed by atoms with Crippen LogP contribution in [0, 0.1) is 0 Å². The number of hydrogen-bond donors (Lipinski definition) is 0. The minimum Gasteiger partial charge on any atom is -0.330 e. The maximum atomic E-state index is 11.7. The highest BCUT2D eigenvalue weighted by Crippen LogP contribution is 2.30. The molecule has 1 saturated heterocycles. The zero-order valence-electron chi connectivity index (χ0n) is 12.0. The molecule has 0 saturated carbocycles. The maximum Gasteiger partial charge on any atom is 0.223 e. The van der Waals surface area contributed by atoms with Crippen LogP contribution in [0.25, 0.3) is 0 Å². The van der Waals surface area contributed by atoms with Crippen LogP contribution in [0.5, 0.6) is 0 Å². The Labute approximate surface area is 127 Å². The molecule has 0 spiro atoms. The Bertz CT molecular complexity index is 477. The molecule has 20 heavy (non-hydrogen) atoms. The molecule has 1 atom stereocenters. The molecule has 1 unspecified atom stereocenters. The van der Waals surface area contributed by atoms with Gasteiger partial charge in [-0.25, -0.2) is 0 Å². The van der Waals surface area contributed by atoms with Gasteiger partial charge in [0.05, 0.1) is 6.67 Å². The molecule has 1 fully saturated rings. The van der Waals surface area contributed by atoms with Crippen LogP contribution in [0.3, 0.4) is 0 Å². The molecule has 3 rings (SSSR count). The summed E-state index contributed by atoms with van der Waals surface area (Å²) in [6, 6.07) is 8.76. The van der Waals surface area contributed by atoms with E-state index in [1.165, 1.54) is 17.5 Å². The van der Waals surface area contributed by atoms with E-state index in [0.717, 1.165) is 39.1 Å². The van der Waals surface area contributed by atoms with Gasteiger partial charge in [-0.3, -0.25) is 9.69 Å². The Balaban J connectivity index is 0.00000147. The highest BCUT2D eigenvalue weighted by atomic mass is 35.5. The lowest BCUT2D eigenvalue weighted by Gasteiger charge is -2.36. The van der Waals surface area contributed by atoms with Crippen LogP contribution in [0.1, 0.15) is 43.2 Å². The molecular weight excluding hydrogens is 272 g/mol. The van der Waals surface area contributed by atoms with Crippen molar-refractivity contribution in [3.05, 3.63) is 35.4 Å². The lowest BCUT2D eigenvalue weighted by molar-refractivity contribution is -0.129. The first-order chi connectivity index (χ1) is 9.28. The average Bonchev–Trinajstić information content (AvgIpc) is 2.83. The maximum absolute atomic E-state index is 11.7. The summed E-state index contributed by atoms with van der Waals surface area (Å²) >= 11 is 0. The van der Waals surface area contributed by atoms with Crippen molar-refractivity contribution in [2.24, 2.45) is 0 Å². The monoisotopic (exact) mass is 294 g/mol. The summed E-state index contributed by atoms with van der Waals surface area (Å²) in [5.41, 5.74) is 2.95. The van der Waals surface area contributed by atoms with Crippen LogP contribution in [-0.2, 0) is 11.3 Å². The molecule has 1 amide bonds. The number of likely N-dealkylation sites (tertiary alicyclic amines) is 1. The van der Waals surface area contributed by atoms with Crippen LogP contribution in [0.4, 0.5) is 0 Å². The second-order valence-corrected chi connectivity index (χ2v) is 5.72. The lowest BCUT2D eigenvalue weighted by atomic mass is 9.88. The van der Waals surface area contributed by atoms with Crippen LogP contribution in [0.15, 0.2) is 24.3 Å². The first-order valence-corrected chi connectivity index (χ1v) is 7.36. The number of hydrogen-bond acceptors (Lipinski definition) is 2. The predicted molar refractivity (Wildman–Crippen MR) is 82.9 cm³/mol. The largest absolute Gasteiger partial charge is 0.330 e. The highest BCUT2D eigenvalue weighted by Gasteiger charge is 2.27. The van der Waals surface area contributed by atoms with E-state index in [-0.39, 0.29) is 12.4 Å². The number of nitrogens with zero attached hydrogens (tertiary/aromatic N) is 2. The van der Waals surface area contributed by atoms with E-state index in [0.29, 0.717) is 11.8 Å². The number of amides is 1. The third-order valence-corrected chi connectivity index (χ3v) is 4.40. The molecule has 0 N–H and O–H groups in total. The van der Waals surface area contributed by atoms with Crippen LogP contribution < -0.4 is 0 Å². The fourth-order valence-electron chi connectivity index (χ4n) is 3.34. The van der Waals surface area contributed by atoms with E-state index in [1.54, 1.807) is 0 Å². The Kier molecular flexibility index (Phi) is 5.06. The van der Waals surface area contributed by atoms with Gasteiger partial charge in [-0.2, -0.15) is 0 Å². The van der Waals surface area contributed by atoms with Gasteiger partial charge in [-0.1, -0.05) is 31.2 Å². The molecular formula is C16H23ClN2O. The van der Waals surface area contributed by atoms with E-state index >= 15 is 0 Å². The minimum atomic E-state index is 0. The molecule has 0 aromatic heterocycles. The fourth-order valence-corrected chi connectivity index (χ4v) is 3.34. The number of rotatable bonds is 3. The molecule has 1 aromatic carbocycles. The minimum absolute atomic E-state index is 0. The van der Waals surface area contributed by atoms with Gasteiger partial charge in [0.15, 0.2) is 0 Å². The molecule has 2 heterocycles. The number of fused-ring (bicyclic) bond motifs is 1. The van der Waals surface area contributed by atoms with Gasteiger partial charge in [-0.15, -0.1) is 12.4 Å².